The molecule has 0 aromatic carbocycles. The van der Waals surface area contributed by atoms with Gasteiger partial charge in [0.25, 0.3) is 0 Å². The van der Waals surface area contributed by atoms with Crippen LogP contribution in [0.1, 0.15) is 25.3 Å². The van der Waals surface area contributed by atoms with Crippen molar-refractivity contribution in [3.63, 3.8) is 0 Å². The Morgan fingerprint density at radius 2 is 2.35 bits per heavy atom. The molecule has 1 N–H and O–H groups in total. The molecule has 4 nitrogen and oxygen atoms in total. The standard InChI is InChI=1S/C12H17BrN2O2/c1-2-17-12(16)4-3-5-14-7-10-6-11(13)9-15-8-10/h6,8-9,14H,2-5,7H2,1H3. The van der Waals surface area contributed by atoms with E-state index >= 15 is 0 Å². The van der Waals surface area contributed by atoms with Crippen molar-refractivity contribution in [2.24, 2.45) is 0 Å². The van der Waals surface area contributed by atoms with Crippen molar-refractivity contribution in [2.45, 2.75) is 26.3 Å². The van der Waals surface area contributed by atoms with Crippen LogP contribution in [0, 0.1) is 0 Å². The molecule has 0 radical (unpaired) electrons. The second-order valence-corrected chi connectivity index (χ2v) is 4.51. The van der Waals surface area contributed by atoms with Crippen molar-refractivity contribution >= 4 is 21.9 Å². The van der Waals surface area contributed by atoms with Gasteiger partial charge < -0.3 is 10.1 Å². The second-order valence-electron chi connectivity index (χ2n) is 3.60. The average Bonchev–Trinajstić information content (AvgIpc) is 2.29. The lowest BCUT2D eigenvalue weighted by molar-refractivity contribution is -0.143. The minimum atomic E-state index is -0.126. The van der Waals surface area contributed by atoms with Crippen LogP contribution in [-0.2, 0) is 16.1 Å². The van der Waals surface area contributed by atoms with Crippen molar-refractivity contribution < 1.29 is 9.53 Å². The van der Waals surface area contributed by atoms with Gasteiger partial charge >= 0.3 is 5.97 Å². The molecule has 0 unspecified atom stereocenters. The third-order valence-electron chi connectivity index (χ3n) is 2.13. The van der Waals surface area contributed by atoms with Gasteiger partial charge in [0.15, 0.2) is 0 Å². The Bertz CT molecular complexity index is 358. The van der Waals surface area contributed by atoms with Gasteiger partial charge in [0.2, 0.25) is 0 Å². The molecular weight excluding hydrogens is 284 g/mol. The number of ether oxygens (including phenoxy) is 1. The summed E-state index contributed by atoms with van der Waals surface area (Å²) < 4.78 is 5.81. The number of nitrogens with zero attached hydrogens (tertiary/aromatic N) is 1. The fourth-order valence-electron chi connectivity index (χ4n) is 1.38. The molecule has 0 saturated carbocycles. The SMILES string of the molecule is CCOC(=O)CCCNCc1cncc(Br)c1. The number of halogens is 1. The number of nitrogens with one attached hydrogen (secondary N) is 1. The third-order valence-corrected chi connectivity index (χ3v) is 2.56. The Balaban J connectivity index is 2.10. The molecule has 0 bridgehead atoms. The molecule has 5 heteroatoms. The lowest BCUT2D eigenvalue weighted by Gasteiger charge is -2.05. The summed E-state index contributed by atoms with van der Waals surface area (Å²) in [7, 11) is 0. The first kappa shape index (κ1) is 14.1. The van der Waals surface area contributed by atoms with Crippen molar-refractivity contribution in [2.75, 3.05) is 13.2 Å². The predicted octanol–water partition coefficient (Wildman–Crippen LogP) is 2.28. The van der Waals surface area contributed by atoms with Gasteiger partial charge in [0.05, 0.1) is 6.61 Å². The van der Waals surface area contributed by atoms with E-state index in [0.717, 1.165) is 29.5 Å². The van der Waals surface area contributed by atoms with Crippen LogP contribution in [0.25, 0.3) is 0 Å². The van der Waals surface area contributed by atoms with Crippen molar-refractivity contribution in [1.82, 2.24) is 10.3 Å². The van der Waals surface area contributed by atoms with Crippen LogP contribution in [-0.4, -0.2) is 24.1 Å². The maximum atomic E-state index is 11.1. The van der Waals surface area contributed by atoms with E-state index < -0.39 is 0 Å². The van der Waals surface area contributed by atoms with E-state index in [1.165, 1.54) is 0 Å². The normalized spacial score (nSPS) is 10.2. The summed E-state index contributed by atoms with van der Waals surface area (Å²) in [6, 6.07) is 2.02. The number of hydrogen-bond donors (Lipinski definition) is 1. The first-order chi connectivity index (χ1) is 8.22. The van der Waals surface area contributed by atoms with Gasteiger partial charge in [-0.1, -0.05) is 0 Å². The van der Waals surface area contributed by atoms with E-state index in [0.29, 0.717) is 13.0 Å². The van der Waals surface area contributed by atoms with Crippen LogP contribution in [0.15, 0.2) is 22.9 Å². The number of aromatic nitrogens is 1. The van der Waals surface area contributed by atoms with E-state index in [2.05, 4.69) is 26.2 Å². The lowest BCUT2D eigenvalue weighted by atomic mass is 10.2. The smallest absolute Gasteiger partial charge is 0.305 e. The Kier molecular flexibility index (Phi) is 6.81. The van der Waals surface area contributed by atoms with Crippen molar-refractivity contribution in [1.29, 1.82) is 0 Å². The summed E-state index contributed by atoms with van der Waals surface area (Å²) in [5.74, 6) is -0.126. The molecule has 0 saturated heterocycles. The molecule has 1 aromatic rings. The zero-order chi connectivity index (χ0) is 12.5. The maximum Gasteiger partial charge on any atom is 0.305 e. The Morgan fingerprint density at radius 1 is 1.53 bits per heavy atom. The number of carbonyl (C=O) groups is 1. The summed E-state index contributed by atoms with van der Waals surface area (Å²) in [5, 5.41) is 3.26. The minimum Gasteiger partial charge on any atom is -0.466 e. The number of hydrogen-bond acceptors (Lipinski definition) is 4. The largest absolute Gasteiger partial charge is 0.466 e. The summed E-state index contributed by atoms with van der Waals surface area (Å²) >= 11 is 3.37. The van der Waals surface area contributed by atoms with Crippen LogP contribution < -0.4 is 5.32 Å². The molecule has 1 aromatic heterocycles. The molecule has 17 heavy (non-hydrogen) atoms. The van der Waals surface area contributed by atoms with Gasteiger partial charge in [0, 0.05) is 29.8 Å². The zero-order valence-electron chi connectivity index (χ0n) is 9.91. The van der Waals surface area contributed by atoms with Gasteiger partial charge in [-0.05, 0) is 47.4 Å². The zero-order valence-corrected chi connectivity index (χ0v) is 11.5. The topological polar surface area (TPSA) is 51.2 Å². The molecule has 1 rings (SSSR count). The Labute approximate surface area is 110 Å². The Hall–Kier alpha value is -0.940. The molecule has 1 heterocycles. The first-order valence-electron chi connectivity index (χ1n) is 5.68. The molecule has 0 atom stereocenters. The summed E-state index contributed by atoms with van der Waals surface area (Å²) in [6.07, 6.45) is 4.84. The monoisotopic (exact) mass is 300 g/mol. The second kappa shape index (κ2) is 8.20. The molecule has 0 aliphatic carbocycles. The maximum absolute atomic E-state index is 11.1. The number of rotatable bonds is 7. The molecule has 0 fully saturated rings. The quantitative estimate of drug-likeness (QED) is 0.620. The van der Waals surface area contributed by atoms with Gasteiger partial charge in [0.1, 0.15) is 0 Å². The average molecular weight is 301 g/mol. The first-order valence-corrected chi connectivity index (χ1v) is 6.47. The number of carbonyl (C=O) groups excluding carboxylic acids is 1. The van der Waals surface area contributed by atoms with Crippen molar-refractivity contribution in [3.8, 4) is 0 Å². The highest BCUT2D eigenvalue weighted by atomic mass is 79.9. The fraction of sp³-hybridized carbons (Fsp3) is 0.500. The van der Waals surface area contributed by atoms with Crippen molar-refractivity contribution in [3.05, 3.63) is 28.5 Å². The van der Waals surface area contributed by atoms with E-state index in [9.17, 15) is 4.79 Å². The molecule has 0 aliphatic rings. The fourth-order valence-corrected chi connectivity index (χ4v) is 1.79. The highest BCUT2D eigenvalue weighted by Gasteiger charge is 2.00. The van der Waals surface area contributed by atoms with Crippen LogP contribution in [0.2, 0.25) is 0 Å². The third kappa shape index (κ3) is 6.38. The predicted molar refractivity (Wildman–Crippen MR) is 69.5 cm³/mol. The van der Waals surface area contributed by atoms with E-state index in [1.807, 2.05) is 19.2 Å². The number of esters is 1. The summed E-state index contributed by atoms with van der Waals surface area (Å²) in [6.45, 7) is 3.83. The van der Waals surface area contributed by atoms with Crippen LogP contribution in [0.3, 0.4) is 0 Å². The molecule has 94 valence electrons. The van der Waals surface area contributed by atoms with Crippen LogP contribution in [0.5, 0.6) is 0 Å². The van der Waals surface area contributed by atoms with E-state index in [4.69, 9.17) is 4.74 Å². The Morgan fingerprint density at radius 3 is 3.06 bits per heavy atom. The van der Waals surface area contributed by atoms with Gasteiger partial charge in [-0.2, -0.15) is 0 Å². The molecular formula is C12H17BrN2O2. The van der Waals surface area contributed by atoms with Crippen LogP contribution in [0.4, 0.5) is 0 Å². The lowest BCUT2D eigenvalue weighted by Crippen LogP contribution is -2.16. The summed E-state index contributed by atoms with van der Waals surface area (Å²) in [4.78, 5) is 15.1. The summed E-state index contributed by atoms with van der Waals surface area (Å²) in [5.41, 5.74) is 1.12. The van der Waals surface area contributed by atoms with E-state index in [-0.39, 0.29) is 5.97 Å². The molecule has 0 aliphatic heterocycles. The minimum absolute atomic E-state index is 0.126. The highest BCUT2D eigenvalue weighted by Crippen LogP contribution is 2.09. The van der Waals surface area contributed by atoms with Gasteiger partial charge in [-0.25, -0.2) is 0 Å². The number of pyridine rings is 1. The molecule has 0 spiro atoms. The molecule has 0 amide bonds. The van der Waals surface area contributed by atoms with Gasteiger partial charge in [-0.15, -0.1) is 0 Å². The highest BCUT2D eigenvalue weighted by molar-refractivity contribution is 9.10. The van der Waals surface area contributed by atoms with Crippen LogP contribution >= 0.6 is 15.9 Å². The van der Waals surface area contributed by atoms with Gasteiger partial charge in [-0.3, -0.25) is 9.78 Å². The van der Waals surface area contributed by atoms with E-state index in [1.54, 1.807) is 6.20 Å².